The van der Waals surface area contributed by atoms with Crippen LogP contribution in [0.15, 0.2) is 24.3 Å². The maximum Gasteiger partial charge on any atom is 0.221 e. The molecular formula is C13H19NO2. The van der Waals surface area contributed by atoms with E-state index in [0.29, 0.717) is 6.42 Å². The SMILES string of the molecule is CC(C)(C)C(Cc1ccc(O)cc1)C(N)=O. The van der Waals surface area contributed by atoms with Gasteiger partial charge in [-0.2, -0.15) is 0 Å². The van der Waals surface area contributed by atoms with Crippen LogP contribution in [0.2, 0.25) is 0 Å². The predicted octanol–water partition coefficient (Wildman–Crippen LogP) is 2.08. The molecule has 0 aliphatic heterocycles. The van der Waals surface area contributed by atoms with E-state index in [1.807, 2.05) is 32.9 Å². The van der Waals surface area contributed by atoms with Crippen molar-refractivity contribution in [1.29, 1.82) is 0 Å². The molecule has 0 aliphatic carbocycles. The van der Waals surface area contributed by atoms with E-state index in [1.165, 1.54) is 0 Å². The van der Waals surface area contributed by atoms with E-state index in [9.17, 15) is 4.79 Å². The minimum absolute atomic E-state index is 0.149. The molecule has 88 valence electrons. The quantitative estimate of drug-likeness (QED) is 0.820. The minimum atomic E-state index is -0.277. The molecular weight excluding hydrogens is 202 g/mol. The van der Waals surface area contributed by atoms with Crippen molar-refractivity contribution in [3.05, 3.63) is 29.8 Å². The summed E-state index contributed by atoms with van der Waals surface area (Å²) < 4.78 is 0. The molecule has 0 saturated heterocycles. The Morgan fingerprint density at radius 3 is 2.19 bits per heavy atom. The molecule has 1 aromatic rings. The van der Waals surface area contributed by atoms with Crippen LogP contribution in [0.5, 0.6) is 5.75 Å². The van der Waals surface area contributed by atoms with Gasteiger partial charge in [0.05, 0.1) is 0 Å². The van der Waals surface area contributed by atoms with Gasteiger partial charge < -0.3 is 10.8 Å². The summed E-state index contributed by atoms with van der Waals surface area (Å²) in [5.74, 6) is -0.243. The molecule has 0 fully saturated rings. The number of carbonyl (C=O) groups is 1. The number of nitrogens with two attached hydrogens (primary N) is 1. The first-order chi connectivity index (χ1) is 7.30. The molecule has 1 unspecified atom stereocenters. The van der Waals surface area contributed by atoms with Crippen molar-refractivity contribution < 1.29 is 9.90 Å². The molecule has 3 nitrogen and oxygen atoms in total. The van der Waals surface area contributed by atoms with E-state index in [2.05, 4.69) is 0 Å². The first kappa shape index (κ1) is 12.6. The fraction of sp³-hybridized carbons (Fsp3) is 0.462. The zero-order valence-corrected chi connectivity index (χ0v) is 10.0. The fourth-order valence-corrected chi connectivity index (χ4v) is 1.70. The maximum atomic E-state index is 11.4. The lowest BCUT2D eigenvalue weighted by Gasteiger charge is -2.28. The van der Waals surface area contributed by atoms with Gasteiger partial charge in [0.25, 0.3) is 0 Å². The number of benzene rings is 1. The second kappa shape index (κ2) is 4.56. The van der Waals surface area contributed by atoms with Gasteiger partial charge in [-0.05, 0) is 29.5 Å². The molecule has 3 heteroatoms. The molecule has 0 aliphatic rings. The lowest BCUT2D eigenvalue weighted by molar-refractivity contribution is -0.124. The first-order valence-corrected chi connectivity index (χ1v) is 5.38. The zero-order chi connectivity index (χ0) is 12.3. The van der Waals surface area contributed by atoms with E-state index >= 15 is 0 Å². The second-order valence-electron chi connectivity index (χ2n) is 5.19. The fourth-order valence-electron chi connectivity index (χ4n) is 1.70. The van der Waals surface area contributed by atoms with Crippen LogP contribution in [0.1, 0.15) is 26.3 Å². The van der Waals surface area contributed by atoms with Gasteiger partial charge in [0.1, 0.15) is 5.75 Å². The number of amides is 1. The molecule has 16 heavy (non-hydrogen) atoms. The van der Waals surface area contributed by atoms with Crippen LogP contribution in [0.4, 0.5) is 0 Å². The summed E-state index contributed by atoms with van der Waals surface area (Å²) in [6.45, 7) is 6.01. The van der Waals surface area contributed by atoms with Crippen molar-refractivity contribution in [3.8, 4) is 5.75 Å². The summed E-state index contributed by atoms with van der Waals surface area (Å²) in [5, 5.41) is 9.17. The number of aromatic hydroxyl groups is 1. The van der Waals surface area contributed by atoms with Crippen LogP contribution in [0.3, 0.4) is 0 Å². The highest BCUT2D eigenvalue weighted by atomic mass is 16.3. The third-order valence-corrected chi connectivity index (χ3v) is 2.76. The average Bonchev–Trinajstić information content (AvgIpc) is 2.14. The number of phenolic OH excluding ortho intramolecular Hbond substituents is 1. The smallest absolute Gasteiger partial charge is 0.221 e. The highest BCUT2D eigenvalue weighted by molar-refractivity contribution is 5.77. The van der Waals surface area contributed by atoms with Crippen molar-refractivity contribution in [2.45, 2.75) is 27.2 Å². The number of rotatable bonds is 3. The summed E-state index contributed by atoms with van der Waals surface area (Å²) >= 11 is 0. The van der Waals surface area contributed by atoms with Gasteiger partial charge in [-0.25, -0.2) is 0 Å². The van der Waals surface area contributed by atoms with E-state index < -0.39 is 0 Å². The Labute approximate surface area is 96.3 Å². The van der Waals surface area contributed by atoms with Crippen LogP contribution < -0.4 is 5.73 Å². The van der Waals surface area contributed by atoms with Crippen molar-refractivity contribution in [1.82, 2.24) is 0 Å². The van der Waals surface area contributed by atoms with Crippen LogP contribution >= 0.6 is 0 Å². The largest absolute Gasteiger partial charge is 0.508 e. The Bertz CT molecular complexity index is 363. The topological polar surface area (TPSA) is 63.3 Å². The Morgan fingerprint density at radius 1 is 1.31 bits per heavy atom. The lowest BCUT2D eigenvalue weighted by atomic mass is 9.77. The summed E-state index contributed by atoms with van der Waals surface area (Å²) in [6, 6.07) is 6.88. The molecule has 1 amide bonds. The van der Waals surface area contributed by atoms with Gasteiger partial charge in [0.2, 0.25) is 5.91 Å². The average molecular weight is 221 g/mol. The van der Waals surface area contributed by atoms with Gasteiger partial charge in [0.15, 0.2) is 0 Å². The number of primary amides is 1. The molecule has 0 radical (unpaired) electrons. The van der Waals surface area contributed by atoms with Crippen LogP contribution in [0, 0.1) is 11.3 Å². The molecule has 0 bridgehead atoms. The van der Waals surface area contributed by atoms with E-state index in [-0.39, 0.29) is 23.0 Å². The summed E-state index contributed by atoms with van der Waals surface area (Å²) in [7, 11) is 0. The Kier molecular flexibility index (Phi) is 3.58. The molecule has 1 aromatic carbocycles. The van der Waals surface area contributed by atoms with Crippen molar-refractivity contribution in [2.75, 3.05) is 0 Å². The predicted molar refractivity (Wildman–Crippen MR) is 64.0 cm³/mol. The molecule has 0 spiro atoms. The first-order valence-electron chi connectivity index (χ1n) is 5.38. The van der Waals surface area contributed by atoms with E-state index in [1.54, 1.807) is 12.1 Å². The molecule has 0 aromatic heterocycles. The number of carbonyl (C=O) groups excluding carboxylic acids is 1. The third-order valence-electron chi connectivity index (χ3n) is 2.76. The summed E-state index contributed by atoms with van der Waals surface area (Å²) in [6.07, 6.45) is 0.610. The van der Waals surface area contributed by atoms with Crippen LogP contribution in [-0.4, -0.2) is 11.0 Å². The lowest BCUT2D eigenvalue weighted by Crippen LogP contribution is -2.35. The Balaban J connectivity index is 2.84. The zero-order valence-electron chi connectivity index (χ0n) is 10.0. The summed E-state index contributed by atoms with van der Waals surface area (Å²) in [5.41, 5.74) is 6.27. The molecule has 0 saturated carbocycles. The highest BCUT2D eigenvalue weighted by Crippen LogP contribution is 2.29. The van der Waals surface area contributed by atoms with Gasteiger partial charge >= 0.3 is 0 Å². The Hall–Kier alpha value is -1.51. The van der Waals surface area contributed by atoms with Gasteiger partial charge in [0, 0.05) is 5.92 Å². The van der Waals surface area contributed by atoms with E-state index in [4.69, 9.17) is 10.8 Å². The van der Waals surface area contributed by atoms with E-state index in [0.717, 1.165) is 5.56 Å². The van der Waals surface area contributed by atoms with Crippen molar-refractivity contribution in [2.24, 2.45) is 17.1 Å². The maximum absolute atomic E-state index is 11.4. The Morgan fingerprint density at radius 2 is 1.81 bits per heavy atom. The molecule has 1 rings (SSSR count). The normalized spacial score (nSPS) is 13.4. The van der Waals surface area contributed by atoms with Crippen molar-refractivity contribution >= 4 is 5.91 Å². The van der Waals surface area contributed by atoms with Crippen LogP contribution in [-0.2, 0) is 11.2 Å². The van der Waals surface area contributed by atoms with Gasteiger partial charge in [-0.15, -0.1) is 0 Å². The monoisotopic (exact) mass is 221 g/mol. The number of hydrogen-bond donors (Lipinski definition) is 2. The van der Waals surface area contributed by atoms with Gasteiger partial charge in [-0.1, -0.05) is 32.9 Å². The van der Waals surface area contributed by atoms with Gasteiger partial charge in [-0.3, -0.25) is 4.79 Å². The molecule has 1 atom stereocenters. The number of phenols is 1. The molecule has 3 N–H and O–H groups in total. The highest BCUT2D eigenvalue weighted by Gasteiger charge is 2.29. The van der Waals surface area contributed by atoms with Crippen molar-refractivity contribution in [3.63, 3.8) is 0 Å². The standard InChI is InChI=1S/C13H19NO2/c1-13(2,3)11(12(14)16)8-9-4-6-10(15)7-5-9/h4-7,11,15H,8H2,1-3H3,(H2,14,16). The third kappa shape index (κ3) is 3.26. The second-order valence-corrected chi connectivity index (χ2v) is 5.19. The minimum Gasteiger partial charge on any atom is -0.508 e. The molecule has 0 heterocycles. The number of hydrogen-bond acceptors (Lipinski definition) is 2. The van der Waals surface area contributed by atoms with Crippen LogP contribution in [0.25, 0.3) is 0 Å². The summed E-state index contributed by atoms with van der Waals surface area (Å²) in [4.78, 5) is 11.4.